The average molecular weight is 342 g/mol. The minimum absolute atomic E-state index is 0.0363. The van der Waals surface area contributed by atoms with Crippen molar-refractivity contribution < 1.29 is 14.3 Å². The number of benzene rings is 1. The van der Waals surface area contributed by atoms with Crippen molar-refractivity contribution in [2.45, 2.75) is 58.8 Å². The number of allylic oxidation sites excluding steroid dienone is 2. The number of methoxy groups -OCH3 is 2. The molecule has 2 atom stereocenters. The van der Waals surface area contributed by atoms with Gasteiger partial charge in [-0.05, 0) is 46.6 Å². The number of hydrogen-bond acceptors (Lipinski definition) is 3. The summed E-state index contributed by atoms with van der Waals surface area (Å²) < 4.78 is 11.1. The zero-order valence-electron chi connectivity index (χ0n) is 16.5. The molecule has 0 saturated heterocycles. The van der Waals surface area contributed by atoms with Crippen LogP contribution in [-0.2, 0) is 10.2 Å². The molecule has 0 spiro atoms. The first-order valence-corrected chi connectivity index (χ1v) is 9.14. The SMILES string of the molecule is CCC(C)(C)C12CC=CC(=O)C(c3cc(OC)c(OC)cc31)C2(C)C. The van der Waals surface area contributed by atoms with Crippen LogP contribution in [0.25, 0.3) is 0 Å². The van der Waals surface area contributed by atoms with E-state index in [-0.39, 0.29) is 27.9 Å². The van der Waals surface area contributed by atoms with Crippen molar-refractivity contribution in [2.24, 2.45) is 10.8 Å². The summed E-state index contributed by atoms with van der Waals surface area (Å²) >= 11 is 0. The van der Waals surface area contributed by atoms with Crippen LogP contribution < -0.4 is 9.47 Å². The van der Waals surface area contributed by atoms with E-state index in [9.17, 15) is 4.79 Å². The lowest BCUT2D eigenvalue weighted by molar-refractivity contribution is -0.119. The highest BCUT2D eigenvalue weighted by Crippen LogP contribution is 2.69. The Balaban J connectivity index is 2.42. The summed E-state index contributed by atoms with van der Waals surface area (Å²) in [5, 5.41) is 0. The third-order valence-corrected chi connectivity index (χ3v) is 7.18. The first-order chi connectivity index (χ1) is 11.7. The highest BCUT2D eigenvalue weighted by atomic mass is 16.5. The third-order valence-electron chi connectivity index (χ3n) is 7.18. The lowest BCUT2D eigenvalue weighted by atomic mass is 9.49. The Hall–Kier alpha value is -1.77. The van der Waals surface area contributed by atoms with Crippen LogP contribution in [-0.4, -0.2) is 20.0 Å². The molecule has 0 fully saturated rings. The van der Waals surface area contributed by atoms with Gasteiger partial charge in [-0.25, -0.2) is 0 Å². The van der Waals surface area contributed by atoms with E-state index < -0.39 is 0 Å². The summed E-state index contributed by atoms with van der Waals surface area (Å²) in [7, 11) is 3.32. The van der Waals surface area contributed by atoms with Gasteiger partial charge in [0.2, 0.25) is 0 Å². The summed E-state index contributed by atoms with van der Waals surface area (Å²) in [4.78, 5) is 13.0. The minimum atomic E-state index is -0.188. The average Bonchev–Trinajstić information content (AvgIpc) is 2.68. The summed E-state index contributed by atoms with van der Waals surface area (Å²) in [6.45, 7) is 11.4. The van der Waals surface area contributed by atoms with Crippen LogP contribution in [0.2, 0.25) is 0 Å². The Bertz CT molecular complexity index is 742. The van der Waals surface area contributed by atoms with E-state index in [2.05, 4.69) is 46.8 Å². The molecule has 0 N–H and O–H groups in total. The zero-order chi connectivity index (χ0) is 18.6. The molecule has 0 heterocycles. The van der Waals surface area contributed by atoms with E-state index in [4.69, 9.17) is 9.47 Å². The molecule has 0 saturated carbocycles. The van der Waals surface area contributed by atoms with Gasteiger partial charge in [-0.1, -0.05) is 47.1 Å². The molecule has 2 aliphatic carbocycles. The third kappa shape index (κ3) is 2.07. The molecule has 0 aliphatic heterocycles. The molecule has 1 aromatic rings. The summed E-state index contributed by atoms with van der Waals surface area (Å²) in [6.07, 6.45) is 5.78. The van der Waals surface area contributed by atoms with E-state index in [0.29, 0.717) is 5.75 Å². The van der Waals surface area contributed by atoms with Crippen LogP contribution >= 0.6 is 0 Å². The Morgan fingerprint density at radius 1 is 1.16 bits per heavy atom. The second-order valence-electron chi connectivity index (χ2n) is 8.60. The molecule has 2 aliphatic rings. The van der Waals surface area contributed by atoms with Crippen LogP contribution in [0.15, 0.2) is 24.3 Å². The fourth-order valence-electron chi connectivity index (χ4n) is 5.63. The van der Waals surface area contributed by atoms with Crippen LogP contribution in [0.3, 0.4) is 0 Å². The van der Waals surface area contributed by atoms with Crippen molar-refractivity contribution in [3.05, 3.63) is 35.4 Å². The second-order valence-corrected chi connectivity index (χ2v) is 8.60. The van der Waals surface area contributed by atoms with Crippen LogP contribution in [0, 0.1) is 10.8 Å². The molecule has 2 unspecified atom stereocenters. The van der Waals surface area contributed by atoms with Crippen LogP contribution in [0.1, 0.15) is 64.5 Å². The maximum atomic E-state index is 13.0. The summed E-state index contributed by atoms with van der Waals surface area (Å²) in [5.74, 6) is 1.49. The van der Waals surface area contributed by atoms with Gasteiger partial charge < -0.3 is 9.47 Å². The number of hydrogen-bond donors (Lipinski definition) is 0. The summed E-state index contributed by atoms with van der Waals surface area (Å²) in [6, 6.07) is 4.16. The highest BCUT2D eigenvalue weighted by Gasteiger charge is 2.64. The van der Waals surface area contributed by atoms with Gasteiger partial charge in [-0.3, -0.25) is 4.79 Å². The molecule has 25 heavy (non-hydrogen) atoms. The molecule has 0 aromatic heterocycles. The van der Waals surface area contributed by atoms with Crippen molar-refractivity contribution in [3.63, 3.8) is 0 Å². The van der Waals surface area contributed by atoms with Gasteiger partial charge in [-0.15, -0.1) is 0 Å². The maximum absolute atomic E-state index is 13.0. The molecule has 2 bridgehead atoms. The predicted octanol–water partition coefficient (Wildman–Crippen LogP) is 5.03. The number of carbonyl (C=O) groups excluding carboxylic acids is 1. The number of ketones is 1. The van der Waals surface area contributed by atoms with Crippen molar-refractivity contribution in [2.75, 3.05) is 14.2 Å². The van der Waals surface area contributed by atoms with Gasteiger partial charge in [0.05, 0.1) is 20.1 Å². The lowest BCUT2D eigenvalue weighted by Gasteiger charge is -2.53. The van der Waals surface area contributed by atoms with Gasteiger partial charge >= 0.3 is 0 Å². The first kappa shape index (κ1) is 18.0. The second kappa shape index (κ2) is 5.62. The monoisotopic (exact) mass is 342 g/mol. The minimum Gasteiger partial charge on any atom is -0.493 e. The van der Waals surface area contributed by atoms with Crippen LogP contribution in [0.4, 0.5) is 0 Å². The molecule has 0 radical (unpaired) electrons. The Morgan fingerprint density at radius 3 is 2.32 bits per heavy atom. The molecule has 0 amide bonds. The molecule has 3 rings (SSSR count). The van der Waals surface area contributed by atoms with Gasteiger partial charge in [0.1, 0.15) is 0 Å². The fourth-order valence-corrected chi connectivity index (χ4v) is 5.63. The fraction of sp³-hybridized carbons (Fsp3) is 0.591. The largest absolute Gasteiger partial charge is 0.493 e. The van der Waals surface area contributed by atoms with Gasteiger partial charge in [0, 0.05) is 5.41 Å². The predicted molar refractivity (Wildman–Crippen MR) is 101 cm³/mol. The van der Waals surface area contributed by atoms with Gasteiger partial charge in [-0.2, -0.15) is 0 Å². The lowest BCUT2D eigenvalue weighted by Crippen LogP contribution is -2.50. The quantitative estimate of drug-likeness (QED) is 0.770. The molecule has 3 heteroatoms. The van der Waals surface area contributed by atoms with Crippen molar-refractivity contribution >= 4 is 5.78 Å². The summed E-state index contributed by atoms with van der Waals surface area (Å²) in [5.41, 5.74) is 2.08. The van der Waals surface area contributed by atoms with E-state index in [1.165, 1.54) is 5.56 Å². The van der Waals surface area contributed by atoms with Crippen molar-refractivity contribution in [1.29, 1.82) is 0 Å². The Labute approximate surface area is 151 Å². The molecule has 136 valence electrons. The van der Waals surface area contributed by atoms with E-state index >= 15 is 0 Å². The molecular formula is C22H30O3. The Kier molecular flexibility index (Phi) is 4.05. The molecular weight excluding hydrogens is 312 g/mol. The number of carbonyl (C=O) groups is 1. The Morgan fingerprint density at radius 2 is 1.76 bits per heavy atom. The van der Waals surface area contributed by atoms with Crippen molar-refractivity contribution in [3.8, 4) is 11.5 Å². The smallest absolute Gasteiger partial charge is 0.163 e. The van der Waals surface area contributed by atoms with Crippen molar-refractivity contribution in [1.82, 2.24) is 0 Å². The number of fused-ring (bicyclic) bond motifs is 5. The van der Waals surface area contributed by atoms with Gasteiger partial charge in [0.15, 0.2) is 17.3 Å². The standard InChI is InChI=1S/C22H30O3/c1-8-20(2,3)22-11-9-10-16(23)19(21(22,4)5)14-12-17(24-6)18(25-7)13-15(14)22/h9-10,12-13,19H,8,11H2,1-7H3. The number of rotatable bonds is 4. The van der Waals surface area contributed by atoms with E-state index in [0.717, 1.165) is 24.2 Å². The normalized spacial score (nSPS) is 27.0. The number of ether oxygens (including phenoxy) is 2. The molecule has 3 nitrogen and oxygen atoms in total. The highest BCUT2D eigenvalue weighted by molar-refractivity contribution is 5.98. The first-order valence-electron chi connectivity index (χ1n) is 9.14. The zero-order valence-corrected chi connectivity index (χ0v) is 16.5. The van der Waals surface area contributed by atoms with E-state index in [1.807, 2.05) is 6.07 Å². The molecule has 1 aromatic carbocycles. The topological polar surface area (TPSA) is 35.5 Å². The van der Waals surface area contributed by atoms with Crippen LogP contribution in [0.5, 0.6) is 11.5 Å². The maximum Gasteiger partial charge on any atom is 0.163 e. The van der Waals surface area contributed by atoms with Gasteiger partial charge in [0.25, 0.3) is 0 Å². The van der Waals surface area contributed by atoms with E-state index in [1.54, 1.807) is 20.3 Å².